The third-order valence-corrected chi connectivity index (χ3v) is 2.97. The van der Waals surface area contributed by atoms with Crippen molar-refractivity contribution in [1.29, 1.82) is 0 Å². The first-order valence-electron chi connectivity index (χ1n) is 5.21. The molecular weight excluding hydrogens is 200 g/mol. The molecule has 0 saturated heterocycles. The molecule has 1 rings (SSSR count). The van der Waals surface area contributed by atoms with Crippen molar-refractivity contribution in [3.05, 3.63) is 0 Å². The molecule has 0 aromatic rings. The molecule has 0 aromatic heterocycles. The Hall–Kier alpha value is -0.440. The van der Waals surface area contributed by atoms with E-state index in [2.05, 4.69) is 6.92 Å². The Labute approximate surface area is 92.4 Å². The fraction of sp³-hybridized carbons (Fsp3) is 0.900. The molecule has 2 unspecified atom stereocenters. The average molecular weight is 221 g/mol. The normalized spacial score (nSPS) is 26.4. The van der Waals surface area contributed by atoms with E-state index in [0.29, 0.717) is 6.04 Å². The van der Waals surface area contributed by atoms with Gasteiger partial charge in [0.15, 0.2) is 0 Å². The predicted molar refractivity (Wildman–Crippen MR) is 60.6 cm³/mol. The number of primary amides is 1. The minimum atomic E-state index is -0.262. The summed E-state index contributed by atoms with van der Waals surface area (Å²) in [5.74, 6) is 0.743. The third kappa shape index (κ3) is 3.37. The summed E-state index contributed by atoms with van der Waals surface area (Å²) in [5.41, 5.74) is 5.31. The first kappa shape index (κ1) is 13.6. The van der Waals surface area contributed by atoms with Crippen LogP contribution in [0, 0.1) is 5.92 Å². The first-order chi connectivity index (χ1) is 6.15. The van der Waals surface area contributed by atoms with Crippen LogP contribution in [0.3, 0.4) is 0 Å². The molecule has 2 amide bonds. The van der Waals surface area contributed by atoms with Crippen molar-refractivity contribution in [3.8, 4) is 0 Å². The van der Waals surface area contributed by atoms with E-state index in [-0.39, 0.29) is 18.4 Å². The van der Waals surface area contributed by atoms with E-state index < -0.39 is 0 Å². The predicted octanol–water partition coefficient (Wildman–Crippen LogP) is 2.39. The summed E-state index contributed by atoms with van der Waals surface area (Å²) in [5, 5.41) is 0. The molecule has 1 aliphatic carbocycles. The Bertz CT molecular complexity index is 187. The molecule has 1 fully saturated rings. The van der Waals surface area contributed by atoms with Gasteiger partial charge in [0.2, 0.25) is 0 Å². The molecule has 14 heavy (non-hydrogen) atoms. The quantitative estimate of drug-likeness (QED) is 0.763. The van der Waals surface area contributed by atoms with E-state index in [1.54, 1.807) is 4.90 Å². The van der Waals surface area contributed by atoms with Crippen LogP contribution in [0.25, 0.3) is 0 Å². The van der Waals surface area contributed by atoms with Gasteiger partial charge in [-0.15, -0.1) is 12.4 Å². The lowest BCUT2D eigenvalue weighted by Gasteiger charge is -2.34. The minimum Gasteiger partial charge on any atom is -0.351 e. The van der Waals surface area contributed by atoms with Gasteiger partial charge in [-0.25, -0.2) is 4.79 Å². The summed E-state index contributed by atoms with van der Waals surface area (Å²) < 4.78 is 0. The second kappa shape index (κ2) is 6.12. The van der Waals surface area contributed by atoms with E-state index in [1.165, 1.54) is 12.8 Å². The van der Waals surface area contributed by atoms with Gasteiger partial charge < -0.3 is 10.6 Å². The summed E-state index contributed by atoms with van der Waals surface area (Å²) in [7, 11) is 0. The van der Waals surface area contributed by atoms with Gasteiger partial charge in [-0.1, -0.05) is 19.8 Å². The molecule has 0 heterocycles. The van der Waals surface area contributed by atoms with E-state index in [9.17, 15) is 4.79 Å². The summed E-state index contributed by atoms with van der Waals surface area (Å²) in [4.78, 5) is 12.9. The van der Waals surface area contributed by atoms with Crippen LogP contribution in [0.1, 0.15) is 39.5 Å². The molecule has 1 saturated carbocycles. The van der Waals surface area contributed by atoms with E-state index in [0.717, 1.165) is 25.3 Å². The number of nitrogens with two attached hydrogens (primary N) is 1. The highest BCUT2D eigenvalue weighted by molar-refractivity contribution is 5.85. The van der Waals surface area contributed by atoms with Crippen LogP contribution in [-0.4, -0.2) is 23.5 Å². The molecule has 1 aliphatic rings. The maximum atomic E-state index is 11.1. The van der Waals surface area contributed by atoms with Gasteiger partial charge in [-0.3, -0.25) is 0 Å². The van der Waals surface area contributed by atoms with E-state index in [1.807, 2.05) is 6.92 Å². The number of rotatable bonds is 2. The molecule has 0 bridgehead atoms. The third-order valence-electron chi connectivity index (χ3n) is 2.97. The molecule has 0 spiro atoms. The highest BCUT2D eigenvalue weighted by atomic mass is 35.5. The zero-order valence-corrected chi connectivity index (χ0v) is 9.85. The van der Waals surface area contributed by atoms with Crippen LogP contribution < -0.4 is 5.73 Å². The monoisotopic (exact) mass is 220 g/mol. The summed E-state index contributed by atoms with van der Waals surface area (Å²) in [6.45, 7) is 4.98. The van der Waals surface area contributed by atoms with Crippen LogP contribution in [0.2, 0.25) is 0 Å². The van der Waals surface area contributed by atoms with Crippen LogP contribution >= 0.6 is 12.4 Å². The smallest absolute Gasteiger partial charge is 0.315 e. The Morgan fingerprint density at radius 1 is 1.50 bits per heavy atom. The largest absolute Gasteiger partial charge is 0.351 e. The zero-order chi connectivity index (χ0) is 9.84. The van der Waals surface area contributed by atoms with Crippen molar-refractivity contribution in [2.45, 2.75) is 45.6 Å². The van der Waals surface area contributed by atoms with Crippen molar-refractivity contribution in [1.82, 2.24) is 4.90 Å². The lowest BCUT2D eigenvalue weighted by atomic mass is 9.86. The van der Waals surface area contributed by atoms with Crippen molar-refractivity contribution in [2.24, 2.45) is 11.7 Å². The standard InChI is InChI=1S/C10H20N2O.ClH/c1-3-12(10(11)13)9-6-4-5-8(2)7-9;/h8-9H,3-7H2,1-2H3,(H2,11,13);1H. The van der Waals surface area contributed by atoms with Crippen molar-refractivity contribution in [3.63, 3.8) is 0 Å². The number of amides is 2. The molecule has 4 heteroatoms. The van der Waals surface area contributed by atoms with Gasteiger partial charge in [0, 0.05) is 12.6 Å². The number of carbonyl (C=O) groups is 1. The SMILES string of the molecule is CCN(C(N)=O)C1CCCC(C)C1.Cl. The second-order valence-corrected chi connectivity index (χ2v) is 4.05. The average Bonchev–Trinajstić information content (AvgIpc) is 2.04. The number of carbonyl (C=O) groups excluding carboxylic acids is 1. The van der Waals surface area contributed by atoms with Crippen molar-refractivity contribution in [2.75, 3.05) is 6.54 Å². The molecular formula is C10H21ClN2O. The lowest BCUT2D eigenvalue weighted by Crippen LogP contribution is -2.45. The fourth-order valence-electron chi connectivity index (χ4n) is 2.28. The molecule has 2 atom stereocenters. The number of hydrogen-bond acceptors (Lipinski definition) is 1. The summed E-state index contributed by atoms with van der Waals surface area (Å²) in [6, 6.07) is 0.132. The van der Waals surface area contributed by atoms with Gasteiger partial charge in [-0.2, -0.15) is 0 Å². The molecule has 0 aromatic carbocycles. The summed E-state index contributed by atoms with van der Waals surface area (Å²) in [6.07, 6.45) is 4.78. The van der Waals surface area contributed by atoms with Gasteiger partial charge in [0.25, 0.3) is 0 Å². The zero-order valence-electron chi connectivity index (χ0n) is 9.03. The molecule has 0 radical (unpaired) electrons. The molecule has 2 N–H and O–H groups in total. The summed E-state index contributed by atoms with van der Waals surface area (Å²) >= 11 is 0. The van der Waals surface area contributed by atoms with Gasteiger partial charge in [0.1, 0.15) is 0 Å². The minimum absolute atomic E-state index is 0. The number of hydrogen-bond donors (Lipinski definition) is 1. The fourth-order valence-corrected chi connectivity index (χ4v) is 2.28. The number of halogens is 1. The number of urea groups is 1. The van der Waals surface area contributed by atoms with Gasteiger partial charge >= 0.3 is 6.03 Å². The maximum absolute atomic E-state index is 11.1. The molecule has 3 nitrogen and oxygen atoms in total. The van der Waals surface area contributed by atoms with Crippen molar-refractivity contribution < 1.29 is 4.79 Å². The first-order valence-corrected chi connectivity index (χ1v) is 5.21. The van der Waals surface area contributed by atoms with Crippen LogP contribution in [0.15, 0.2) is 0 Å². The Kier molecular flexibility index (Phi) is 5.93. The van der Waals surface area contributed by atoms with E-state index >= 15 is 0 Å². The second-order valence-electron chi connectivity index (χ2n) is 4.05. The van der Waals surface area contributed by atoms with Gasteiger partial charge in [-0.05, 0) is 25.7 Å². The Morgan fingerprint density at radius 3 is 2.57 bits per heavy atom. The van der Waals surface area contributed by atoms with Crippen LogP contribution in [0.4, 0.5) is 4.79 Å². The van der Waals surface area contributed by atoms with Crippen LogP contribution in [-0.2, 0) is 0 Å². The van der Waals surface area contributed by atoms with Gasteiger partial charge in [0.05, 0.1) is 0 Å². The molecule has 84 valence electrons. The Morgan fingerprint density at radius 2 is 2.14 bits per heavy atom. The number of nitrogens with zero attached hydrogens (tertiary/aromatic N) is 1. The van der Waals surface area contributed by atoms with Crippen LogP contribution in [0.5, 0.6) is 0 Å². The topological polar surface area (TPSA) is 46.3 Å². The van der Waals surface area contributed by atoms with E-state index in [4.69, 9.17) is 5.73 Å². The molecule has 0 aliphatic heterocycles. The lowest BCUT2D eigenvalue weighted by molar-refractivity contribution is 0.153. The highest BCUT2D eigenvalue weighted by Crippen LogP contribution is 2.26. The Balaban J connectivity index is 0.00000169. The van der Waals surface area contributed by atoms with Crippen molar-refractivity contribution >= 4 is 18.4 Å². The highest BCUT2D eigenvalue weighted by Gasteiger charge is 2.25. The maximum Gasteiger partial charge on any atom is 0.315 e.